The fourth-order valence-corrected chi connectivity index (χ4v) is 1.57. The van der Waals surface area contributed by atoms with Gasteiger partial charge in [-0.3, -0.25) is 4.79 Å². The number of carbonyl (C=O) groups is 1. The molecular weight excluding hydrogens is 266 g/mol. The molecule has 84 valence electrons. The fraction of sp³-hybridized carbons (Fsp3) is 0.308. The number of halogens is 1. The molecule has 0 saturated heterocycles. The summed E-state index contributed by atoms with van der Waals surface area (Å²) in [6.07, 6.45) is 0.672. The number of amides is 1. The summed E-state index contributed by atoms with van der Waals surface area (Å²) < 4.78 is 1.07. The summed E-state index contributed by atoms with van der Waals surface area (Å²) in [5.74, 6) is 6.12. The molecule has 0 bridgehead atoms. The summed E-state index contributed by atoms with van der Waals surface area (Å²) >= 11 is 3.46. The highest BCUT2D eigenvalue weighted by atomic mass is 79.9. The summed E-state index contributed by atoms with van der Waals surface area (Å²) in [6, 6.07) is 5.96. The van der Waals surface area contributed by atoms with Gasteiger partial charge in [-0.1, -0.05) is 33.8 Å². The zero-order valence-electron chi connectivity index (χ0n) is 9.43. The minimum Gasteiger partial charge on any atom is -0.355 e. The van der Waals surface area contributed by atoms with E-state index in [4.69, 9.17) is 0 Å². The summed E-state index contributed by atoms with van der Waals surface area (Å²) in [6.45, 7) is 4.14. The third-order valence-electron chi connectivity index (χ3n) is 2.11. The van der Waals surface area contributed by atoms with Crippen LogP contribution in [0.15, 0.2) is 22.7 Å². The van der Waals surface area contributed by atoms with Crippen LogP contribution in [0.3, 0.4) is 0 Å². The molecule has 0 heterocycles. The van der Waals surface area contributed by atoms with Gasteiger partial charge in [0.15, 0.2) is 0 Å². The van der Waals surface area contributed by atoms with Gasteiger partial charge in [-0.15, -0.1) is 0 Å². The fourth-order valence-electron chi connectivity index (χ4n) is 1.20. The average molecular weight is 280 g/mol. The summed E-state index contributed by atoms with van der Waals surface area (Å²) in [7, 11) is 0. The van der Waals surface area contributed by atoms with Gasteiger partial charge in [0, 0.05) is 29.9 Å². The Morgan fingerprint density at radius 2 is 2.25 bits per heavy atom. The summed E-state index contributed by atoms with van der Waals surface area (Å²) in [5, 5.41) is 2.71. The van der Waals surface area contributed by atoms with Gasteiger partial charge >= 0.3 is 0 Å². The van der Waals surface area contributed by atoms with Crippen LogP contribution < -0.4 is 5.32 Å². The van der Waals surface area contributed by atoms with Crippen molar-refractivity contribution in [3.05, 3.63) is 33.8 Å². The monoisotopic (exact) mass is 279 g/mol. The molecule has 0 fully saturated rings. The Labute approximate surface area is 105 Å². The van der Waals surface area contributed by atoms with E-state index in [9.17, 15) is 4.79 Å². The maximum atomic E-state index is 10.6. The number of hydrogen-bond acceptors (Lipinski definition) is 1. The molecule has 0 aromatic heterocycles. The van der Waals surface area contributed by atoms with Gasteiger partial charge < -0.3 is 5.32 Å². The highest BCUT2D eigenvalue weighted by Crippen LogP contribution is 2.18. The molecule has 16 heavy (non-hydrogen) atoms. The van der Waals surface area contributed by atoms with E-state index in [1.165, 1.54) is 6.92 Å². The number of hydrogen-bond donors (Lipinski definition) is 1. The maximum Gasteiger partial charge on any atom is 0.216 e. The van der Waals surface area contributed by atoms with Crippen molar-refractivity contribution < 1.29 is 4.79 Å². The Balaban J connectivity index is 2.56. The molecule has 0 aliphatic carbocycles. The molecular formula is C13H14BrNO. The minimum absolute atomic E-state index is 0.0135. The molecule has 0 aliphatic rings. The van der Waals surface area contributed by atoms with Gasteiger partial charge in [0.05, 0.1) is 0 Å². The van der Waals surface area contributed by atoms with E-state index >= 15 is 0 Å². The van der Waals surface area contributed by atoms with Crippen molar-refractivity contribution in [2.75, 3.05) is 6.54 Å². The second kappa shape index (κ2) is 6.34. The Kier molecular flexibility index (Phi) is 5.07. The van der Waals surface area contributed by atoms with E-state index in [0.717, 1.165) is 15.6 Å². The van der Waals surface area contributed by atoms with Crippen LogP contribution in [0.1, 0.15) is 24.5 Å². The van der Waals surface area contributed by atoms with Crippen molar-refractivity contribution in [1.29, 1.82) is 0 Å². The molecule has 3 heteroatoms. The van der Waals surface area contributed by atoms with Crippen molar-refractivity contribution in [3.63, 3.8) is 0 Å². The molecule has 1 amide bonds. The van der Waals surface area contributed by atoms with Gasteiger partial charge in [0.25, 0.3) is 0 Å². The van der Waals surface area contributed by atoms with Crippen LogP contribution in [-0.4, -0.2) is 12.5 Å². The topological polar surface area (TPSA) is 29.1 Å². The summed E-state index contributed by atoms with van der Waals surface area (Å²) in [5.41, 5.74) is 2.17. The van der Waals surface area contributed by atoms with E-state index in [-0.39, 0.29) is 5.91 Å². The standard InChI is InChI=1S/C13H14BrNO/c1-10-12(7-5-8-13(10)14)6-3-4-9-15-11(2)16/h5,7-8H,4,9H2,1-2H3,(H,15,16). The van der Waals surface area contributed by atoms with Crippen molar-refractivity contribution in [1.82, 2.24) is 5.32 Å². The normalized spacial score (nSPS) is 9.19. The van der Waals surface area contributed by atoms with E-state index < -0.39 is 0 Å². The van der Waals surface area contributed by atoms with Crippen molar-refractivity contribution in [3.8, 4) is 11.8 Å². The Morgan fingerprint density at radius 3 is 2.94 bits per heavy atom. The second-order valence-corrected chi connectivity index (χ2v) is 4.30. The second-order valence-electron chi connectivity index (χ2n) is 3.45. The Bertz CT molecular complexity index is 443. The number of benzene rings is 1. The van der Waals surface area contributed by atoms with Gasteiger partial charge in [-0.05, 0) is 24.6 Å². The average Bonchev–Trinajstić information content (AvgIpc) is 2.23. The molecule has 0 atom stereocenters. The van der Waals surface area contributed by atoms with Gasteiger partial charge in [0.2, 0.25) is 5.91 Å². The van der Waals surface area contributed by atoms with Crippen molar-refractivity contribution in [2.24, 2.45) is 0 Å². The number of nitrogens with one attached hydrogen (secondary N) is 1. The van der Waals surface area contributed by atoms with Gasteiger partial charge in [-0.2, -0.15) is 0 Å². The van der Waals surface area contributed by atoms with Crippen molar-refractivity contribution >= 4 is 21.8 Å². The number of rotatable bonds is 2. The quantitative estimate of drug-likeness (QED) is 0.655. The molecule has 0 aliphatic heterocycles. The lowest BCUT2D eigenvalue weighted by molar-refractivity contribution is -0.118. The van der Waals surface area contributed by atoms with E-state index in [1.54, 1.807) is 0 Å². The van der Waals surface area contributed by atoms with Crippen LogP contribution in [0, 0.1) is 18.8 Å². The predicted molar refractivity (Wildman–Crippen MR) is 69.1 cm³/mol. The first-order valence-electron chi connectivity index (χ1n) is 5.09. The minimum atomic E-state index is -0.0135. The SMILES string of the molecule is CC(=O)NCCC#Cc1cccc(Br)c1C. The molecule has 2 nitrogen and oxygen atoms in total. The highest BCUT2D eigenvalue weighted by Gasteiger charge is 1.97. The highest BCUT2D eigenvalue weighted by molar-refractivity contribution is 9.10. The van der Waals surface area contributed by atoms with Gasteiger partial charge in [0.1, 0.15) is 0 Å². The predicted octanol–water partition coefficient (Wildman–Crippen LogP) is 2.64. The van der Waals surface area contributed by atoms with E-state index in [2.05, 4.69) is 33.1 Å². The zero-order chi connectivity index (χ0) is 12.0. The molecule has 0 unspecified atom stereocenters. The smallest absolute Gasteiger partial charge is 0.216 e. The van der Waals surface area contributed by atoms with Crippen LogP contribution in [0.2, 0.25) is 0 Å². The zero-order valence-corrected chi connectivity index (χ0v) is 11.0. The van der Waals surface area contributed by atoms with Crippen LogP contribution in [0.5, 0.6) is 0 Å². The third kappa shape index (κ3) is 4.08. The maximum absolute atomic E-state index is 10.6. The molecule has 0 spiro atoms. The first-order chi connectivity index (χ1) is 7.61. The van der Waals surface area contributed by atoms with Crippen LogP contribution in [0.25, 0.3) is 0 Å². The molecule has 1 rings (SSSR count). The largest absolute Gasteiger partial charge is 0.355 e. The lowest BCUT2D eigenvalue weighted by atomic mass is 10.1. The van der Waals surface area contributed by atoms with Crippen molar-refractivity contribution in [2.45, 2.75) is 20.3 Å². The van der Waals surface area contributed by atoms with E-state index in [0.29, 0.717) is 13.0 Å². The van der Waals surface area contributed by atoms with Crippen LogP contribution in [-0.2, 0) is 4.79 Å². The molecule has 1 aromatic rings. The lowest BCUT2D eigenvalue weighted by Gasteiger charge is -2.00. The molecule has 1 aromatic carbocycles. The third-order valence-corrected chi connectivity index (χ3v) is 2.97. The Morgan fingerprint density at radius 1 is 1.50 bits per heavy atom. The van der Waals surface area contributed by atoms with Gasteiger partial charge in [-0.25, -0.2) is 0 Å². The summed E-state index contributed by atoms with van der Waals surface area (Å²) in [4.78, 5) is 10.6. The molecule has 0 radical (unpaired) electrons. The van der Waals surface area contributed by atoms with Crippen LogP contribution in [0.4, 0.5) is 0 Å². The van der Waals surface area contributed by atoms with E-state index in [1.807, 2.05) is 25.1 Å². The van der Waals surface area contributed by atoms with Crippen LogP contribution >= 0.6 is 15.9 Å². The Hall–Kier alpha value is -1.27. The molecule has 1 N–H and O–H groups in total. The first kappa shape index (κ1) is 12.8. The first-order valence-corrected chi connectivity index (χ1v) is 5.89. The number of carbonyl (C=O) groups excluding carboxylic acids is 1. The molecule has 0 saturated carbocycles. The lowest BCUT2D eigenvalue weighted by Crippen LogP contribution is -2.20.